The van der Waals surface area contributed by atoms with Crippen molar-refractivity contribution in [3.63, 3.8) is 0 Å². The molecule has 0 aliphatic carbocycles. The highest BCUT2D eigenvalue weighted by Gasteiger charge is 2.15. The number of ether oxygens (including phenoxy) is 1. The van der Waals surface area contributed by atoms with Crippen LogP contribution in [0.3, 0.4) is 0 Å². The van der Waals surface area contributed by atoms with Crippen molar-refractivity contribution in [2.75, 3.05) is 18.5 Å². The van der Waals surface area contributed by atoms with Gasteiger partial charge in [-0.25, -0.2) is 9.97 Å². The summed E-state index contributed by atoms with van der Waals surface area (Å²) in [5.41, 5.74) is 0.970. The van der Waals surface area contributed by atoms with Gasteiger partial charge in [0.1, 0.15) is 12.1 Å². The van der Waals surface area contributed by atoms with Gasteiger partial charge in [-0.1, -0.05) is 12.1 Å². The van der Waals surface area contributed by atoms with Crippen molar-refractivity contribution in [3.8, 4) is 0 Å². The van der Waals surface area contributed by atoms with Crippen LogP contribution in [0, 0.1) is 0 Å². The van der Waals surface area contributed by atoms with Crippen molar-refractivity contribution in [1.29, 1.82) is 0 Å². The van der Waals surface area contributed by atoms with Crippen molar-refractivity contribution in [2.24, 2.45) is 0 Å². The molecular formula is C13H15N3O. The van der Waals surface area contributed by atoms with E-state index >= 15 is 0 Å². The molecular weight excluding hydrogens is 214 g/mol. The van der Waals surface area contributed by atoms with Gasteiger partial charge in [-0.2, -0.15) is 0 Å². The molecule has 2 heterocycles. The van der Waals surface area contributed by atoms with Gasteiger partial charge in [0, 0.05) is 18.5 Å². The SMILES string of the molecule is c1ccc2c(NC[C@@H]3CCCO3)ncnc2c1. The number of hydrogen-bond donors (Lipinski definition) is 1. The zero-order valence-corrected chi connectivity index (χ0v) is 9.60. The van der Waals surface area contributed by atoms with Crippen LogP contribution in [0.1, 0.15) is 12.8 Å². The van der Waals surface area contributed by atoms with Crippen LogP contribution in [0.25, 0.3) is 10.9 Å². The van der Waals surface area contributed by atoms with E-state index in [0.717, 1.165) is 42.7 Å². The molecule has 0 spiro atoms. The zero-order valence-electron chi connectivity index (χ0n) is 9.60. The fourth-order valence-corrected chi connectivity index (χ4v) is 2.16. The largest absolute Gasteiger partial charge is 0.376 e. The van der Waals surface area contributed by atoms with Crippen LogP contribution in [-0.2, 0) is 4.74 Å². The second-order valence-electron chi connectivity index (χ2n) is 4.26. The summed E-state index contributed by atoms with van der Waals surface area (Å²) in [6.07, 6.45) is 4.22. The van der Waals surface area contributed by atoms with E-state index in [2.05, 4.69) is 15.3 Å². The average Bonchev–Trinajstić information content (AvgIpc) is 2.89. The van der Waals surface area contributed by atoms with Crippen LogP contribution in [0.2, 0.25) is 0 Å². The number of anilines is 1. The van der Waals surface area contributed by atoms with Gasteiger partial charge in [0.2, 0.25) is 0 Å². The highest BCUT2D eigenvalue weighted by molar-refractivity contribution is 5.88. The molecule has 1 fully saturated rings. The Kier molecular flexibility index (Phi) is 2.88. The lowest BCUT2D eigenvalue weighted by atomic mass is 10.2. The number of rotatable bonds is 3. The fraction of sp³-hybridized carbons (Fsp3) is 0.385. The maximum absolute atomic E-state index is 5.58. The molecule has 1 aliphatic rings. The van der Waals surface area contributed by atoms with E-state index in [-0.39, 0.29) is 0 Å². The third-order valence-corrected chi connectivity index (χ3v) is 3.06. The summed E-state index contributed by atoms with van der Waals surface area (Å²) >= 11 is 0. The van der Waals surface area contributed by atoms with Crippen molar-refractivity contribution in [1.82, 2.24) is 9.97 Å². The Morgan fingerprint density at radius 2 is 2.24 bits per heavy atom. The van der Waals surface area contributed by atoms with Gasteiger partial charge in [-0.3, -0.25) is 0 Å². The van der Waals surface area contributed by atoms with E-state index in [4.69, 9.17) is 4.74 Å². The van der Waals surface area contributed by atoms with E-state index in [0.29, 0.717) is 6.10 Å². The number of aromatic nitrogens is 2. The van der Waals surface area contributed by atoms with Crippen molar-refractivity contribution in [3.05, 3.63) is 30.6 Å². The van der Waals surface area contributed by atoms with Crippen LogP contribution in [0.5, 0.6) is 0 Å². The summed E-state index contributed by atoms with van der Waals surface area (Å²) in [5.74, 6) is 0.895. The summed E-state index contributed by atoms with van der Waals surface area (Å²) in [4.78, 5) is 8.53. The number of hydrogen-bond acceptors (Lipinski definition) is 4. The van der Waals surface area contributed by atoms with Crippen LogP contribution in [-0.4, -0.2) is 29.2 Å². The summed E-state index contributed by atoms with van der Waals surface area (Å²) in [6, 6.07) is 8.02. The first kappa shape index (κ1) is 10.5. The first-order valence-corrected chi connectivity index (χ1v) is 5.99. The molecule has 0 saturated carbocycles. The fourth-order valence-electron chi connectivity index (χ4n) is 2.16. The second kappa shape index (κ2) is 4.67. The van der Waals surface area contributed by atoms with Gasteiger partial charge in [-0.05, 0) is 25.0 Å². The Bertz CT molecular complexity index is 503. The minimum atomic E-state index is 0.323. The van der Waals surface area contributed by atoms with Crippen LogP contribution >= 0.6 is 0 Å². The number of nitrogens with one attached hydrogen (secondary N) is 1. The minimum Gasteiger partial charge on any atom is -0.376 e. The summed E-state index contributed by atoms with van der Waals surface area (Å²) in [7, 11) is 0. The molecule has 1 aromatic heterocycles. The van der Waals surface area contributed by atoms with Gasteiger partial charge >= 0.3 is 0 Å². The second-order valence-corrected chi connectivity index (χ2v) is 4.26. The lowest BCUT2D eigenvalue weighted by Crippen LogP contribution is -2.19. The normalized spacial score (nSPS) is 19.6. The Hall–Kier alpha value is -1.68. The first-order chi connectivity index (χ1) is 8.43. The topological polar surface area (TPSA) is 47.0 Å². The van der Waals surface area contributed by atoms with Gasteiger partial charge in [-0.15, -0.1) is 0 Å². The first-order valence-electron chi connectivity index (χ1n) is 5.99. The van der Waals surface area contributed by atoms with Crippen molar-refractivity contribution < 1.29 is 4.74 Å². The third kappa shape index (κ3) is 2.22. The van der Waals surface area contributed by atoms with Crippen molar-refractivity contribution >= 4 is 16.7 Å². The maximum Gasteiger partial charge on any atom is 0.137 e. The molecule has 0 unspecified atom stereocenters. The summed E-state index contributed by atoms with van der Waals surface area (Å²) in [5, 5.41) is 4.42. The standard InChI is InChI=1S/C13H15N3O/c1-2-6-12-11(5-1)13(16-9-15-12)14-8-10-4-3-7-17-10/h1-2,5-6,9-10H,3-4,7-8H2,(H,14,15,16)/t10-/m0/s1. The highest BCUT2D eigenvalue weighted by Crippen LogP contribution is 2.19. The lowest BCUT2D eigenvalue weighted by molar-refractivity contribution is 0.120. The summed E-state index contributed by atoms with van der Waals surface area (Å²) in [6.45, 7) is 1.71. The molecule has 0 amide bonds. The number of nitrogens with zero attached hydrogens (tertiary/aromatic N) is 2. The molecule has 1 N–H and O–H groups in total. The van der Waals surface area contributed by atoms with Crippen molar-refractivity contribution in [2.45, 2.75) is 18.9 Å². The zero-order chi connectivity index (χ0) is 11.5. The molecule has 1 aliphatic heterocycles. The quantitative estimate of drug-likeness (QED) is 0.876. The molecule has 3 rings (SSSR count). The predicted molar refractivity (Wildman–Crippen MR) is 67.0 cm³/mol. The van der Waals surface area contributed by atoms with E-state index < -0.39 is 0 Å². The van der Waals surface area contributed by atoms with Gasteiger partial charge in [0.15, 0.2) is 0 Å². The smallest absolute Gasteiger partial charge is 0.137 e. The molecule has 4 nitrogen and oxygen atoms in total. The molecule has 88 valence electrons. The van der Waals surface area contributed by atoms with E-state index in [1.807, 2.05) is 24.3 Å². The lowest BCUT2D eigenvalue weighted by Gasteiger charge is -2.12. The minimum absolute atomic E-state index is 0.323. The van der Waals surface area contributed by atoms with Gasteiger partial charge in [0.05, 0.1) is 11.6 Å². The van der Waals surface area contributed by atoms with E-state index in [1.165, 1.54) is 0 Å². The van der Waals surface area contributed by atoms with Crippen LogP contribution in [0.4, 0.5) is 5.82 Å². The molecule has 0 radical (unpaired) electrons. The molecule has 0 bridgehead atoms. The van der Waals surface area contributed by atoms with Gasteiger partial charge < -0.3 is 10.1 Å². The number of fused-ring (bicyclic) bond motifs is 1. The molecule has 1 atom stereocenters. The molecule has 1 saturated heterocycles. The third-order valence-electron chi connectivity index (χ3n) is 3.06. The Balaban J connectivity index is 1.79. The van der Waals surface area contributed by atoms with Crippen LogP contribution in [0.15, 0.2) is 30.6 Å². The van der Waals surface area contributed by atoms with E-state index in [1.54, 1.807) is 6.33 Å². The average molecular weight is 229 g/mol. The van der Waals surface area contributed by atoms with Crippen LogP contribution < -0.4 is 5.32 Å². The highest BCUT2D eigenvalue weighted by atomic mass is 16.5. The maximum atomic E-state index is 5.58. The molecule has 17 heavy (non-hydrogen) atoms. The molecule has 1 aromatic carbocycles. The number of para-hydroxylation sites is 1. The Morgan fingerprint density at radius 3 is 3.12 bits per heavy atom. The molecule has 2 aromatic rings. The Labute approximate surface area is 100 Å². The van der Waals surface area contributed by atoms with Gasteiger partial charge in [0.25, 0.3) is 0 Å². The summed E-state index contributed by atoms with van der Waals surface area (Å²) < 4.78 is 5.58. The van der Waals surface area contributed by atoms with E-state index in [9.17, 15) is 0 Å². The monoisotopic (exact) mass is 229 g/mol. The molecule has 4 heteroatoms. The number of benzene rings is 1. The predicted octanol–water partition coefficient (Wildman–Crippen LogP) is 2.22. The Morgan fingerprint density at radius 1 is 1.29 bits per heavy atom.